The molecule has 8 heteroatoms. The van der Waals surface area contributed by atoms with Gasteiger partial charge in [0.15, 0.2) is 0 Å². The molecular weight excluding hydrogens is 401 g/mol. The molecule has 162 valence electrons. The zero-order valence-corrected chi connectivity index (χ0v) is 18.6. The highest BCUT2D eigenvalue weighted by molar-refractivity contribution is 5.85. The van der Waals surface area contributed by atoms with E-state index in [0.29, 0.717) is 19.7 Å². The van der Waals surface area contributed by atoms with Gasteiger partial charge in [0.1, 0.15) is 12.4 Å². The molecule has 2 rings (SSSR count). The molecule has 1 fully saturated rings. The summed E-state index contributed by atoms with van der Waals surface area (Å²) in [5, 5.41) is 3.03. The normalized spacial score (nSPS) is 14.5. The van der Waals surface area contributed by atoms with E-state index < -0.39 is 5.41 Å². The predicted octanol–water partition coefficient (Wildman–Crippen LogP) is 2.62. The van der Waals surface area contributed by atoms with E-state index in [1.807, 2.05) is 38.1 Å². The molecule has 28 heavy (non-hydrogen) atoms. The van der Waals surface area contributed by atoms with Crippen molar-refractivity contribution in [3.05, 3.63) is 29.8 Å². The van der Waals surface area contributed by atoms with Crippen LogP contribution in [0.3, 0.4) is 0 Å². The number of amides is 1. The summed E-state index contributed by atoms with van der Waals surface area (Å²) in [6, 6.07) is 7.90. The van der Waals surface area contributed by atoms with Crippen LogP contribution in [0.25, 0.3) is 0 Å². The summed E-state index contributed by atoms with van der Waals surface area (Å²) < 4.78 is 11.2. The minimum Gasteiger partial charge on any atom is -0.492 e. The molecule has 0 atom stereocenters. The number of nitrogens with two attached hydrogens (primary N) is 1. The Morgan fingerprint density at radius 3 is 2.54 bits per heavy atom. The predicted molar refractivity (Wildman–Crippen MR) is 118 cm³/mol. The Balaban J connectivity index is 0.00000364. The van der Waals surface area contributed by atoms with Crippen LogP contribution in [0.1, 0.15) is 32.3 Å². The van der Waals surface area contributed by atoms with Gasteiger partial charge in [-0.25, -0.2) is 0 Å². The van der Waals surface area contributed by atoms with E-state index in [1.165, 1.54) is 0 Å². The second kappa shape index (κ2) is 14.0. The Morgan fingerprint density at radius 1 is 1.25 bits per heavy atom. The molecule has 0 saturated carbocycles. The van der Waals surface area contributed by atoms with Crippen molar-refractivity contribution in [3.63, 3.8) is 0 Å². The molecule has 1 heterocycles. The SMILES string of the molecule is CCC(CC)(CN)C(=O)NCc1cccc(OCCN2CCOCC2)c1.Cl.Cl. The second-order valence-corrected chi connectivity index (χ2v) is 6.82. The average Bonchev–Trinajstić information content (AvgIpc) is 2.69. The summed E-state index contributed by atoms with van der Waals surface area (Å²) in [6.45, 7) is 9.97. The maximum Gasteiger partial charge on any atom is 0.227 e. The van der Waals surface area contributed by atoms with Gasteiger partial charge in [-0.3, -0.25) is 9.69 Å². The average molecular weight is 436 g/mol. The summed E-state index contributed by atoms with van der Waals surface area (Å²) in [4.78, 5) is 14.9. The fourth-order valence-corrected chi connectivity index (χ4v) is 3.18. The molecule has 0 aliphatic carbocycles. The number of benzene rings is 1. The van der Waals surface area contributed by atoms with Gasteiger partial charge in [-0.05, 0) is 30.5 Å². The van der Waals surface area contributed by atoms with Gasteiger partial charge in [-0.1, -0.05) is 26.0 Å². The van der Waals surface area contributed by atoms with Gasteiger partial charge >= 0.3 is 0 Å². The number of halogens is 2. The van der Waals surface area contributed by atoms with E-state index in [4.69, 9.17) is 15.2 Å². The minimum atomic E-state index is -0.466. The summed E-state index contributed by atoms with van der Waals surface area (Å²) in [6.07, 6.45) is 1.49. The number of rotatable bonds is 10. The third-order valence-electron chi connectivity index (χ3n) is 5.36. The van der Waals surface area contributed by atoms with E-state index in [1.54, 1.807) is 0 Å². The third-order valence-corrected chi connectivity index (χ3v) is 5.36. The van der Waals surface area contributed by atoms with Gasteiger partial charge < -0.3 is 20.5 Å². The summed E-state index contributed by atoms with van der Waals surface area (Å²) >= 11 is 0. The smallest absolute Gasteiger partial charge is 0.227 e. The molecule has 1 saturated heterocycles. The number of nitrogens with one attached hydrogen (secondary N) is 1. The first-order valence-corrected chi connectivity index (χ1v) is 9.63. The maximum atomic E-state index is 12.5. The first-order valence-electron chi connectivity index (χ1n) is 9.63. The number of hydrogen-bond donors (Lipinski definition) is 2. The molecule has 1 aromatic rings. The molecule has 1 aliphatic rings. The Hall–Kier alpha value is -1.05. The van der Waals surface area contributed by atoms with E-state index in [9.17, 15) is 4.79 Å². The van der Waals surface area contributed by atoms with Crippen LogP contribution < -0.4 is 15.8 Å². The lowest BCUT2D eigenvalue weighted by Gasteiger charge is -2.28. The van der Waals surface area contributed by atoms with Gasteiger partial charge in [0.2, 0.25) is 5.91 Å². The third kappa shape index (κ3) is 7.76. The largest absolute Gasteiger partial charge is 0.492 e. The van der Waals surface area contributed by atoms with Crippen LogP contribution in [0.5, 0.6) is 5.75 Å². The van der Waals surface area contributed by atoms with Crippen LogP contribution in [0.4, 0.5) is 0 Å². The molecular formula is C20H35Cl2N3O3. The number of carbonyl (C=O) groups is 1. The zero-order chi connectivity index (χ0) is 18.8. The van der Waals surface area contributed by atoms with E-state index in [0.717, 1.165) is 57.0 Å². The first-order chi connectivity index (χ1) is 12.6. The van der Waals surface area contributed by atoms with Crippen LogP contribution in [0.15, 0.2) is 24.3 Å². The van der Waals surface area contributed by atoms with Gasteiger partial charge in [-0.15, -0.1) is 24.8 Å². The Kier molecular flexibility index (Phi) is 13.5. The molecule has 1 aromatic carbocycles. The van der Waals surface area contributed by atoms with E-state index >= 15 is 0 Å². The fraction of sp³-hybridized carbons (Fsp3) is 0.650. The fourth-order valence-electron chi connectivity index (χ4n) is 3.18. The highest BCUT2D eigenvalue weighted by Gasteiger charge is 2.32. The molecule has 0 radical (unpaired) electrons. The van der Waals surface area contributed by atoms with Gasteiger partial charge in [0, 0.05) is 32.7 Å². The zero-order valence-electron chi connectivity index (χ0n) is 16.9. The van der Waals surface area contributed by atoms with Gasteiger partial charge in [-0.2, -0.15) is 0 Å². The topological polar surface area (TPSA) is 76.8 Å². The van der Waals surface area contributed by atoms with Crippen molar-refractivity contribution in [2.75, 3.05) is 46.0 Å². The van der Waals surface area contributed by atoms with Crippen molar-refractivity contribution in [3.8, 4) is 5.75 Å². The highest BCUT2D eigenvalue weighted by atomic mass is 35.5. The number of carbonyl (C=O) groups excluding carboxylic acids is 1. The lowest BCUT2D eigenvalue weighted by molar-refractivity contribution is -0.131. The van der Waals surface area contributed by atoms with Crippen LogP contribution >= 0.6 is 24.8 Å². The molecule has 0 bridgehead atoms. The molecule has 0 unspecified atom stereocenters. The molecule has 0 aromatic heterocycles. The Morgan fingerprint density at radius 2 is 1.93 bits per heavy atom. The van der Waals surface area contributed by atoms with Gasteiger partial charge in [0.25, 0.3) is 0 Å². The second-order valence-electron chi connectivity index (χ2n) is 6.82. The first kappa shape index (κ1) is 27.0. The minimum absolute atomic E-state index is 0. The quantitative estimate of drug-likeness (QED) is 0.590. The van der Waals surface area contributed by atoms with Crippen molar-refractivity contribution in [2.45, 2.75) is 33.2 Å². The monoisotopic (exact) mass is 435 g/mol. The number of hydrogen-bond acceptors (Lipinski definition) is 5. The van der Waals surface area contributed by atoms with Crippen molar-refractivity contribution >= 4 is 30.7 Å². The van der Waals surface area contributed by atoms with Crippen molar-refractivity contribution in [2.24, 2.45) is 11.1 Å². The van der Waals surface area contributed by atoms with Crippen LogP contribution in [-0.2, 0) is 16.1 Å². The van der Waals surface area contributed by atoms with E-state index in [-0.39, 0.29) is 30.7 Å². The lowest BCUT2D eigenvalue weighted by atomic mass is 9.81. The Labute approximate surface area is 181 Å². The van der Waals surface area contributed by atoms with Gasteiger partial charge in [0.05, 0.1) is 18.6 Å². The van der Waals surface area contributed by atoms with Crippen LogP contribution in [0.2, 0.25) is 0 Å². The molecule has 6 nitrogen and oxygen atoms in total. The van der Waals surface area contributed by atoms with Crippen LogP contribution in [0, 0.1) is 5.41 Å². The number of morpholine rings is 1. The highest BCUT2D eigenvalue weighted by Crippen LogP contribution is 2.25. The molecule has 3 N–H and O–H groups in total. The van der Waals surface area contributed by atoms with Crippen LogP contribution in [-0.4, -0.2) is 56.8 Å². The molecule has 1 aliphatic heterocycles. The number of ether oxygens (including phenoxy) is 2. The Bertz CT molecular complexity index is 557. The molecule has 1 amide bonds. The standard InChI is InChI=1S/C20H33N3O3.2ClH/c1-3-20(4-2,16-21)19(24)22-15-17-6-5-7-18(14-17)26-13-10-23-8-11-25-12-9-23;;/h5-7,14H,3-4,8-13,15-16,21H2,1-2H3,(H,22,24);2*1H. The van der Waals surface area contributed by atoms with Crippen molar-refractivity contribution < 1.29 is 14.3 Å². The summed E-state index contributed by atoms with van der Waals surface area (Å²) in [5.41, 5.74) is 6.41. The van der Waals surface area contributed by atoms with E-state index in [2.05, 4.69) is 10.2 Å². The maximum absolute atomic E-state index is 12.5. The molecule has 0 spiro atoms. The van der Waals surface area contributed by atoms with Crippen molar-refractivity contribution in [1.82, 2.24) is 10.2 Å². The number of nitrogens with zero attached hydrogens (tertiary/aromatic N) is 1. The lowest BCUT2D eigenvalue weighted by Crippen LogP contribution is -2.45. The summed E-state index contributed by atoms with van der Waals surface area (Å²) in [7, 11) is 0. The summed E-state index contributed by atoms with van der Waals surface area (Å²) in [5.74, 6) is 0.865. The van der Waals surface area contributed by atoms with Crippen molar-refractivity contribution in [1.29, 1.82) is 0 Å².